The Morgan fingerprint density at radius 1 is 0.720 bits per heavy atom. The van der Waals surface area contributed by atoms with Gasteiger partial charge in [-0.15, -0.1) is 0 Å². The van der Waals surface area contributed by atoms with Crippen molar-refractivity contribution in [1.82, 2.24) is 0 Å². The zero-order chi connectivity index (χ0) is 19.0. The molecule has 0 aliphatic carbocycles. The molecule has 0 aromatic heterocycles. The van der Waals surface area contributed by atoms with E-state index in [1.165, 1.54) is 0 Å². The summed E-state index contributed by atoms with van der Waals surface area (Å²) in [6, 6.07) is 11.9. The summed E-state index contributed by atoms with van der Waals surface area (Å²) < 4.78 is 0. The Hall–Kier alpha value is -1.96. The normalized spacial score (nSPS) is 12.6. The van der Waals surface area contributed by atoms with E-state index < -0.39 is 0 Å². The van der Waals surface area contributed by atoms with Crippen molar-refractivity contribution in [3.63, 3.8) is 0 Å². The molecule has 0 bridgehead atoms. The van der Waals surface area contributed by atoms with Crippen LogP contribution in [0.4, 0.5) is 0 Å². The van der Waals surface area contributed by atoms with Crippen LogP contribution in [0.25, 0.3) is 0 Å². The highest BCUT2D eigenvalue weighted by molar-refractivity contribution is 5.53. The van der Waals surface area contributed by atoms with E-state index in [-0.39, 0.29) is 16.7 Å². The molecular weight excluding hydrogens is 308 g/mol. The molecule has 25 heavy (non-hydrogen) atoms. The maximum absolute atomic E-state index is 10.9. The smallest absolute Gasteiger partial charge is 0.123 e. The molecule has 0 saturated heterocycles. The quantitative estimate of drug-likeness (QED) is 0.695. The monoisotopic (exact) mass is 340 g/mol. The first-order valence-electron chi connectivity index (χ1n) is 9.13. The third-order valence-corrected chi connectivity index (χ3v) is 4.91. The van der Waals surface area contributed by atoms with E-state index in [1.54, 1.807) is 0 Å². The number of hydrogen-bond acceptors (Lipinski definition) is 2. The summed E-state index contributed by atoms with van der Waals surface area (Å²) in [6.45, 7) is 14.7. The highest BCUT2D eigenvalue weighted by Crippen LogP contribution is 2.44. The maximum atomic E-state index is 10.9. The van der Waals surface area contributed by atoms with Gasteiger partial charge in [0.2, 0.25) is 0 Å². The molecule has 2 nitrogen and oxygen atoms in total. The Morgan fingerprint density at radius 3 is 1.36 bits per heavy atom. The molecular formula is C23H32O2. The number of benzene rings is 2. The third kappa shape index (κ3) is 3.84. The molecule has 0 aliphatic rings. The average Bonchev–Trinajstić information content (AvgIpc) is 2.48. The van der Waals surface area contributed by atoms with Crippen LogP contribution in [-0.2, 0) is 10.8 Å². The van der Waals surface area contributed by atoms with E-state index >= 15 is 0 Å². The van der Waals surface area contributed by atoms with Gasteiger partial charge in [0.1, 0.15) is 11.5 Å². The van der Waals surface area contributed by atoms with E-state index in [2.05, 4.69) is 48.5 Å². The first kappa shape index (κ1) is 19.4. The Balaban J connectivity index is 2.64. The third-order valence-electron chi connectivity index (χ3n) is 4.91. The van der Waals surface area contributed by atoms with E-state index in [4.69, 9.17) is 0 Å². The minimum Gasteiger partial charge on any atom is -0.507 e. The van der Waals surface area contributed by atoms with Crippen LogP contribution in [0.1, 0.15) is 83.1 Å². The molecule has 2 N–H and O–H groups in total. The van der Waals surface area contributed by atoms with Crippen LogP contribution in [0.15, 0.2) is 36.4 Å². The van der Waals surface area contributed by atoms with Gasteiger partial charge in [-0.25, -0.2) is 0 Å². The summed E-state index contributed by atoms with van der Waals surface area (Å²) in [4.78, 5) is 0. The van der Waals surface area contributed by atoms with Crippen molar-refractivity contribution in [2.75, 3.05) is 0 Å². The van der Waals surface area contributed by atoms with Crippen LogP contribution in [0.3, 0.4) is 0 Å². The molecule has 0 amide bonds. The van der Waals surface area contributed by atoms with Gasteiger partial charge in [-0.1, -0.05) is 84.9 Å². The lowest BCUT2D eigenvalue weighted by molar-refractivity contribution is 0.427. The minimum absolute atomic E-state index is 0.0374. The Morgan fingerprint density at radius 2 is 1.08 bits per heavy atom. The van der Waals surface area contributed by atoms with Crippen LogP contribution in [0, 0.1) is 0 Å². The molecule has 0 fully saturated rings. The minimum atomic E-state index is -0.131. The summed E-state index contributed by atoms with van der Waals surface area (Å²) in [6.07, 6.45) is 0.808. The van der Waals surface area contributed by atoms with Crippen molar-refractivity contribution in [2.45, 2.75) is 71.6 Å². The molecule has 0 saturated carbocycles. The molecule has 136 valence electrons. The van der Waals surface area contributed by atoms with E-state index in [0.717, 1.165) is 28.7 Å². The fourth-order valence-corrected chi connectivity index (χ4v) is 3.50. The molecule has 0 radical (unpaired) electrons. The van der Waals surface area contributed by atoms with Crippen molar-refractivity contribution in [1.29, 1.82) is 0 Å². The van der Waals surface area contributed by atoms with Gasteiger partial charge in [-0.05, 0) is 28.4 Å². The SMILES string of the molecule is CCC(c1cccc(C(C)(C)C)c1O)c1cccc(C(C)(C)C)c1O. The average molecular weight is 341 g/mol. The second kappa shape index (κ2) is 6.74. The van der Waals surface area contributed by atoms with E-state index in [1.807, 2.05) is 36.4 Å². The standard InChI is InChI=1S/C23H32O2/c1-8-15(16-11-9-13-18(20(16)24)22(2,3)4)17-12-10-14-19(21(17)25)23(5,6)7/h9-15,24-25H,8H2,1-7H3. The predicted octanol–water partition coefficient (Wildman–Crippen LogP) is 6.23. The van der Waals surface area contributed by atoms with E-state index in [9.17, 15) is 10.2 Å². The van der Waals surface area contributed by atoms with Crippen LogP contribution in [-0.4, -0.2) is 10.2 Å². The Kier molecular flexibility index (Phi) is 5.22. The van der Waals surface area contributed by atoms with Gasteiger partial charge in [-0.2, -0.15) is 0 Å². The van der Waals surface area contributed by atoms with Crippen molar-refractivity contribution in [3.05, 3.63) is 58.7 Å². The highest BCUT2D eigenvalue weighted by Gasteiger charge is 2.27. The molecule has 2 rings (SSSR count). The second-order valence-corrected chi connectivity index (χ2v) is 8.95. The Bertz CT molecular complexity index is 682. The van der Waals surface area contributed by atoms with Crippen molar-refractivity contribution in [3.8, 4) is 11.5 Å². The number of rotatable bonds is 3. The summed E-state index contributed by atoms with van der Waals surface area (Å²) in [5.41, 5.74) is 3.39. The molecule has 0 spiro atoms. The molecule has 2 heteroatoms. The lowest BCUT2D eigenvalue weighted by atomic mass is 9.79. The Labute approximate surface area is 152 Å². The topological polar surface area (TPSA) is 40.5 Å². The van der Waals surface area contributed by atoms with Gasteiger partial charge in [0.25, 0.3) is 0 Å². The summed E-state index contributed by atoms with van der Waals surface area (Å²) >= 11 is 0. The van der Waals surface area contributed by atoms with Gasteiger partial charge < -0.3 is 10.2 Å². The first-order chi connectivity index (χ1) is 11.5. The largest absolute Gasteiger partial charge is 0.507 e. The second-order valence-electron chi connectivity index (χ2n) is 8.95. The van der Waals surface area contributed by atoms with Crippen LogP contribution in [0.5, 0.6) is 11.5 Å². The first-order valence-corrected chi connectivity index (χ1v) is 9.13. The number of hydrogen-bond donors (Lipinski definition) is 2. The van der Waals surface area contributed by atoms with Crippen molar-refractivity contribution >= 4 is 0 Å². The summed E-state index contributed by atoms with van der Waals surface area (Å²) in [7, 11) is 0. The summed E-state index contributed by atoms with van der Waals surface area (Å²) in [5.74, 6) is 0.662. The fraction of sp³-hybridized carbons (Fsp3) is 0.478. The fourth-order valence-electron chi connectivity index (χ4n) is 3.50. The van der Waals surface area contributed by atoms with Gasteiger partial charge in [0.05, 0.1) is 0 Å². The van der Waals surface area contributed by atoms with Crippen LogP contribution >= 0.6 is 0 Å². The zero-order valence-corrected chi connectivity index (χ0v) is 16.6. The van der Waals surface area contributed by atoms with Gasteiger partial charge in [-0.3, -0.25) is 0 Å². The summed E-state index contributed by atoms with van der Waals surface area (Å²) in [5, 5.41) is 21.9. The molecule has 0 unspecified atom stereocenters. The van der Waals surface area contributed by atoms with Crippen molar-refractivity contribution < 1.29 is 10.2 Å². The van der Waals surface area contributed by atoms with Crippen LogP contribution in [0.2, 0.25) is 0 Å². The van der Waals surface area contributed by atoms with Gasteiger partial charge in [0, 0.05) is 17.0 Å². The maximum Gasteiger partial charge on any atom is 0.123 e. The molecule has 0 atom stereocenters. The highest BCUT2D eigenvalue weighted by atomic mass is 16.3. The molecule has 2 aromatic carbocycles. The molecule has 0 aliphatic heterocycles. The van der Waals surface area contributed by atoms with E-state index in [0.29, 0.717) is 11.5 Å². The lowest BCUT2D eigenvalue weighted by Gasteiger charge is -2.27. The van der Waals surface area contributed by atoms with Gasteiger partial charge in [0.15, 0.2) is 0 Å². The zero-order valence-electron chi connectivity index (χ0n) is 16.6. The lowest BCUT2D eigenvalue weighted by Crippen LogP contribution is -2.14. The van der Waals surface area contributed by atoms with Gasteiger partial charge >= 0.3 is 0 Å². The number of aromatic hydroxyl groups is 2. The van der Waals surface area contributed by atoms with Crippen LogP contribution < -0.4 is 0 Å². The number of phenolic OH excluding ortho intramolecular Hbond substituents is 2. The van der Waals surface area contributed by atoms with Crippen molar-refractivity contribution in [2.24, 2.45) is 0 Å². The molecule has 0 heterocycles. The molecule has 2 aromatic rings. The number of phenols is 2. The number of para-hydroxylation sites is 2. The predicted molar refractivity (Wildman–Crippen MR) is 106 cm³/mol.